The maximum Gasteiger partial charge on any atom is 0.278 e. The first-order valence-corrected chi connectivity index (χ1v) is 8.93. The molecule has 11 nitrogen and oxygen atoms in total. The summed E-state index contributed by atoms with van der Waals surface area (Å²) in [6, 6.07) is 5.78. The lowest BCUT2D eigenvalue weighted by atomic mass is 10.0. The van der Waals surface area contributed by atoms with Crippen LogP contribution in [-0.4, -0.2) is 47.7 Å². The molecule has 1 atom stereocenters. The number of piperidine rings is 1. The third-order valence-corrected chi connectivity index (χ3v) is 4.32. The number of nitrogens with one attached hydrogen (secondary N) is 2. The van der Waals surface area contributed by atoms with Gasteiger partial charge in [0.1, 0.15) is 17.5 Å². The number of nitrogens with zero attached hydrogens (tertiary/aromatic N) is 4. The van der Waals surface area contributed by atoms with Gasteiger partial charge in [-0.05, 0) is 30.5 Å². The first-order chi connectivity index (χ1) is 14.0. The Balaban J connectivity index is 1.63. The van der Waals surface area contributed by atoms with Crippen LogP contribution >= 0.6 is 0 Å². The van der Waals surface area contributed by atoms with Crippen molar-refractivity contribution >= 4 is 29.3 Å². The predicted octanol–water partition coefficient (Wildman–Crippen LogP) is 1.24. The molecule has 2 N–H and O–H groups in total. The van der Waals surface area contributed by atoms with Gasteiger partial charge in [-0.1, -0.05) is 11.2 Å². The number of ether oxygens (including phenoxy) is 1. The minimum Gasteiger partial charge on any atom is -0.494 e. The van der Waals surface area contributed by atoms with E-state index in [0.29, 0.717) is 31.0 Å². The van der Waals surface area contributed by atoms with E-state index in [9.17, 15) is 19.2 Å². The number of carbonyl (C=O) groups is 4. The predicted molar refractivity (Wildman–Crippen MR) is 100 cm³/mol. The zero-order valence-corrected chi connectivity index (χ0v) is 15.3. The number of benzene rings is 1. The highest BCUT2D eigenvalue weighted by molar-refractivity contribution is 6.20. The van der Waals surface area contributed by atoms with Crippen LogP contribution in [0.25, 0.3) is 10.4 Å². The molecule has 0 bridgehead atoms. The molecule has 4 amide bonds. The summed E-state index contributed by atoms with van der Waals surface area (Å²) in [4.78, 5) is 51.7. The summed E-state index contributed by atoms with van der Waals surface area (Å²) >= 11 is 0. The van der Waals surface area contributed by atoms with Crippen molar-refractivity contribution in [2.24, 2.45) is 5.11 Å². The van der Waals surface area contributed by atoms with Crippen LogP contribution in [0.1, 0.15) is 19.3 Å². The molecule has 1 fully saturated rings. The van der Waals surface area contributed by atoms with E-state index < -0.39 is 29.7 Å². The van der Waals surface area contributed by atoms with Gasteiger partial charge in [0.2, 0.25) is 11.8 Å². The van der Waals surface area contributed by atoms with E-state index in [1.807, 2.05) is 0 Å². The average molecular weight is 398 g/mol. The number of carbonyl (C=O) groups excluding carboxylic acids is 4. The quantitative estimate of drug-likeness (QED) is 0.221. The average Bonchev–Trinajstić information content (AvgIpc) is 2.96. The minimum absolute atomic E-state index is 0.0280. The van der Waals surface area contributed by atoms with Crippen molar-refractivity contribution in [3.63, 3.8) is 0 Å². The molecule has 0 aliphatic carbocycles. The van der Waals surface area contributed by atoms with E-state index in [1.165, 1.54) is 0 Å². The van der Waals surface area contributed by atoms with E-state index in [0.717, 1.165) is 11.0 Å². The Bertz CT molecular complexity index is 936. The topological polar surface area (TPSA) is 154 Å². The van der Waals surface area contributed by atoms with E-state index >= 15 is 0 Å². The lowest BCUT2D eigenvalue weighted by Crippen LogP contribution is -2.54. The fourth-order valence-corrected chi connectivity index (χ4v) is 2.99. The van der Waals surface area contributed by atoms with Crippen LogP contribution in [0.5, 0.6) is 5.75 Å². The molecule has 29 heavy (non-hydrogen) atoms. The molecule has 0 aromatic heterocycles. The Kier molecular flexibility index (Phi) is 6.10. The van der Waals surface area contributed by atoms with Crippen LogP contribution < -0.4 is 15.4 Å². The van der Waals surface area contributed by atoms with E-state index in [4.69, 9.17) is 10.3 Å². The van der Waals surface area contributed by atoms with Crippen molar-refractivity contribution in [3.05, 3.63) is 46.5 Å². The largest absolute Gasteiger partial charge is 0.494 e. The van der Waals surface area contributed by atoms with Crippen LogP contribution in [0.2, 0.25) is 0 Å². The van der Waals surface area contributed by atoms with Gasteiger partial charge in [-0.15, -0.1) is 0 Å². The smallest absolute Gasteiger partial charge is 0.278 e. The fourth-order valence-electron chi connectivity index (χ4n) is 2.99. The molecule has 1 saturated heterocycles. The monoisotopic (exact) mass is 398 g/mol. The lowest BCUT2D eigenvalue weighted by Gasteiger charge is -2.28. The number of amides is 4. The lowest BCUT2D eigenvalue weighted by molar-refractivity contribution is -0.149. The first kappa shape index (κ1) is 19.9. The molecule has 2 heterocycles. The molecule has 150 valence electrons. The van der Waals surface area contributed by atoms with Gasteiger partial charge in [-0.2, -0.15) is 0 Å². The van der Waals surface area contributed by atoms with Crippen LogP contribution in [-0.2, 0) is 19.2 Å². The Morgan fingerprint density at radius 3 is 2.90 bits per heavy atom. The van der Waals surface area contributed by atoms with E-state index in [2.05, 4.69) is 20.7 Å². The normalized spacial score (nSPS) is 18.8. The van der Waals surface area contributed by atoms with Crippen molar-refractivity contribution in [3.8, 4) is 5.75 Å². The molecule has 1 unspecified atom stereocenters. The maximum atomic E-state index is 12.6. The highest BCUT2D eigenvalue weighted by atomic mass is 16.5. The third kappa shape index (κ3) is 4.71. The fraction of sp³-hybridized carbons (Fsp3) is 0.333. The third-order valence-electron chi connectivity index (χ3n) is 4.32. The second-order valence-corrected chi connectivity index (χ2v) is 6.35. The molecule has 1 aromatic carbocycles. The second-order valence-electron chi connectivity index (χ2n) is 6.35. The highest BCUT2D eigenvalue weighted by Gasteiger charge is 2.42. The maximum absolute atomic E-state index is 12.6. The molecular formula is C18H18N6O5. The van der Waals surface area contributed by atoms with Gasteiger partial charge in [0, 0.05) is 35.7 Å². The molecule has 1 aromatic rings. The molecule has 0 spiro atoms. The molecule has 3 rings (SSSR count). The zero-order chi connectivity index (χ0) is 20.8. The second kappa shape index (κ2) is 8.89. The highest BCUT2D eigenvalue weighted by Crippen LogP contribution is 2.24. The minimum atomic E-state index is -1.01. The Labute approximate surface area is 165 Å². The number of hydrogen-bond acceptors (Lipinski definition) is 7. The van der Waals surface area contributed by atoms with Gasteiger partial charge in [0.05, 0.1) is 6.61 Å². The van der Waals surface area contributed by atoms with Gasteiger partial charge >= 0.3 is 0 Å². The summed E-state index contributed by atoms with van der Waals surface area (Å²) in [5.74, 6) is -1.79. The van der Waals surface area contributed by atoms with Crippen molar-refractivity contribution < 1.29 is 23.9 Å². The zero-order valence-electron chi connectivity index (χ0n) is 15.3. The summed E-state index contributed by atoms with van der Waals surface area (Å²) in [5, 5.41) is 8.43. The summed E-state index contributed by atoms with van der Waals surface area (Å²) in [6.07, 6.45) is 1.85. The van der Waals surface area contributed by atoms with Crippen LogP contribution in [0.4, 0.5) is 5.69 Å². The Hall–Kier alpha value is -3.85. The summed E-state index contributed by atoms with van der Waals surface area (Å²) in [7, 11) is 0. The Morgan fingerprint density at radius 2 is 2.14 bits per heavy atom. The SMILES string of the molecule is [N-]=[N+]=NCCCOc1cccc(NC2=CC(=O)N(C3CCC(=O)NC3=O)C2=O)c1. The number of hydrogen-bond donors (Lipinski definition) is 2. The van der Waals surface area contributed by atoms with Crippen molar-refractivity contribution in [1.82, 2.24) is 10.2 Å². The molecule has 2 aliphatic rings. The molecule has 2 aliphatic heterocycles. The van der Waals surface area contributed by atoms with Crippen molar-refractivity contribution in [1.29, 1.82) is 0 Å². The van der Waals surface area contributed by atoms with Gasteiger partial charge in [0.15, 0.2) is 0 Å². The van der Waals surface area contributed by atoms with Crippen LogP contribution in [0, 0.1) is 0 Å². The van der Waals surface area contributed by atoms with Gasteiger partial charge in [0.25, 0.3) is 11.8 Å². The van der Waals surface area contributed by atoms with Crippen LogP contribution in [0.3, 0.4) is 0 Å². The van der Waals surface area contributed by atoms with Gasteiger partial charge in [-0.3, -0.25) is 29.4 Å². The van der Waals surface area contributed by atoms with E-state index in [1.54, 1.807) is 24.3 Å². The number of anilines is 1. The van der Waals surface area contributed by atoms with Crippen molar-refractivity contribution in [2.45, 2.75) is 25.3 Å². The standard InChI is InChI=1S/C18H18N6O5/c19-23-20-7-2-8-29-12-4-1-3-11(9-12)21-13-10-16(26)24(18(13)28)14-5-6-15(25)22-17(14)27/h1,3-4,9-10,14,21H,2,5-8H2,(H,22,25,27). The summed E-state index contributed by atoms with van der Waals surface area (Å²) < 4.78 is 5.56. The first-order valence-electron chi connectivity index (χ1n) is 8.93. The molecule has 0 saturated carbocycles. The van der Waals surface area contributed by atoms with Crippen LogP contribution in [0.15, 0.2) is 41.2 Å². The molecule has 11 heteroatoms. The Morgan fingerprint density at radius 1 is 1.31 bits per heavy atom. The number of azide groups is 1. The van der Waals surface area contributed by atoms with Gasteiger partial charge in [-0.25, -0.2) is 0 Å². The molecule has 0 radical (unpaired) electrons. The van der Waals surface area contributed by atoms with Crippen molar-refractivity contribution in [2.75, 3.05) is 18.5 Å². The van der Waals surface area contributed by atoms with Gasteiger partial charge < -0.3 is 10.1 Å². The van der Waals surface area contributed by atoms with E-state index in [-0.39, 0.29) is 18.5 Å². The summed E-state index contributed by atoms with van der Waals surface area (Å²) in [5.41, 5.74) is 8.79. The summed E-state index contributed by atoms with van der Waals surface area (Å²) in [6.45, 7) is 0.681. The molecular weight excluding hydrogens is 380 g/mol. The number of imide groups is 2. The number of rotatable bonds is 8.